The zero-order valence-corrected chi connectivity index (χ0v) is 6.78. The summed E-state index contributed by atoms with van der Waals surface area (Å²) in [6, 6.07) is 0. The maximum atomic E-state index is 9.19. The topological polar surface area (TPSA) is 58.9 Å². The number of hydrogen-bond donors (Lipinski definition) is 2. The predicted octanol–water partition coefficient (Wildman–Crippen LogP) is -0.509. The maximum absolute atomic E-state index is 9.19. The summed E-state index contributed by atoms with van der Waals surface area (Å²) < 4.78 is 10.3. The maximum Gasteiger partial charge on any atom is 0.163 e. The summed E-state index contributed by atoms with van der Waals surface area (Å²) in [5.41, 5.74) is 0. The van der Waals surface area contributed by atoms with Crippen LogP contribution in [0.25, 0.3) is 0 Å². The molecule has 0 aromatic heterocycles. The minimum Gasteiger partial charge on any atom is -0.394 e. The van der Waals surface area contributed by atoms with Gasteiger partial charge in [0.2, 0.25) is 0 Å². The van der Waals surface area contributed by atoms with Crippen LogP contribution in [-0.4, -0.2) is 41.4 Å². The number of aliphatic hydroxyl groups is 2. The van der Waals surface area contributed by atoms with Crippen molar-refractivity contribution in [3.05, 3.63) is 0 Å². The van der Waals surface area contributed by atoms with Gasteiger partial charge in [-0.05, 0) is 13.8 Å². The molecule has 11 heavy (non-hydrogen) atoms. The van der Waals surface area contributed by atoms with E-state index < -0.39 is 18.0 Å². The van der Waals surface area contributed by atoms with Crippen LogP contribution in [0.15, 0.2) is 0 Å². The molecule has 1 saturated heterocycles. The Kier molecular flexibility index (Phi) is 2.49. The van der Waals surface area contributed by atoms with Crippen molar-refractivity contribution in [3.8, 4) is 0 Å². The summed E-state index contributed by atoms with van der Waals surface area (Å²) in [5, 5.41) is 17.9. The second kappa shape index (κ2) is 3.06. The SMILES string of the molecule is CC1(C)OC[C@H](O)[C@@H](CO)O1. The minimum atomic E-state index is -0.715. The van der Waals surface area contributed by atoms with E-state index in [1.54, 1.807) is 13.8 Å². The first-order chi connectivity index (χ1) is 5.05. The van der Waals surface area contributed by atoms with Crippen LogP contribution in [0.4, 0.5) is 0 Å². The highest BCUT2D eigenvalue weighted by Crippen LogP contribution is 2.21. The van der Waals surface area contributed by atoms with Crippen molar-refractivity contribution >= 4 is 0 Å². The average Bonchev–Trinajstić information content (AvgIpc) is 1.94. The molecule has 1 rings (SSSR count). The second-order valence-corrected chi connectivity index (χ2v) is 3.12. The van der Waals surface area contributed by atoms with Crippen LogP contribution in [0.5, 0.6) is 0 Å². The van der Waals surface area contributed by atoms with Gasteiger partial charge in [0, 0.05) is 0 Å². The van der Waals surface area contributed by atoms with Crippen molar-refractivity contribution in [1.29, 1.82) is 0 Å². The fraction of sp³-hybridized carbons (Fsp3) is 1.00. The van der Waals surface area contributed by atoms with Crippen LogP contribution in [0.1, 0.15) is 13.8 Å². The number of hydrogen-bond acceptors (Lipinski definition) is 4. The van der Waals surface area contributed by atoms with Gasteiger partial charge in [0.15, 0.2) is 5.79 Å². The fourth-order valence-electron chi connectivity index (χ4n) is 1.03. The number of aliphatic hydroxyl groups excluding tert-OH is 2. The quantitative estimate of drug-likeness (QED) is 0.545. The van der Waals surface area contributed by atoms with Gasteiger partial charge in [0.25, 0.3) is 0 Å². The molecule has 0 aromatic carbocycles. The van der Waals surface area contributed by atoms with E-state index in [1.165, 1.54) is 0 Å². The van der Waals surface area contributed by atoms with Gasteiger partial charge in [-0.25, -0.2) is 0 Å². The third kappa shape index (κ3) is 2.13. The largest absolute Gasteiger partial charge is 0.394 e. The normalized spacial score (nSPS) is 37.1. The van der Waals surface area contributed by atoms with E-state index in [-0.39, 0.29) is 13.2 Å². The molecule has 1 heterocycles. The van der Waals surface area contributed by atoms with Crippen LogP contribution in [-0.2, 0) is 9.47 Å². The first-order valence-corrected chi connectivity index (χ1v) is 3.66. The summed E-state index contributed by atoms with van der Waals surface area (Å²) in [5.74, 6) is -0.688. The molecule has 0 spiro atoms. The first kappa shape index (κ1) is 8.93. The van der Waals surface area contributed by atoms with Crippen molar-refractivity contribution in [1.82, 2.24) is 0 Å². The molecule has 4 heteroatoms. The van der Waals surface area contributed by atoms with E-state index in [1.807, 2.05) is 0 Å². The standard InChI is InChI=1S/C7H14O4/c1-7(2)10-4-5(9)6(3-8)11-7/h5-6,8-9H,3-4H2,1-2H3/t5-,6+/m0/s1. The lowest BCUT2D eigenvalue weighted by Gasteiger charge is -2.38. The van der Waals surface area contributed by atoms with Gasteiger partial charge < -0.3 is 19.7 Å². The van der Waals surface area contributed by atoms with Gasteiger partial charge in [0.1, 0.15) is 12.2 Å². The first-order valence-electron chi connectivity index (χ1n) is 3.66. The Labute approximate surface area is 65.7 Å². The molecule has 0 amide bonds. The highest BCUT2D eigenvalue weighted by Gasteiger charge is 2.34. The molecule has 1 aliphatic heterocycles. The highest BCUT2D eigenvalue weighted by atomic mass is 16.7. The van der Waals surface area contributed by atoms with Gasteiger partial charge in [0.05, 0.1) is 13.2 Å². The van der Waals surface area contributed by atoms with Gasteiger partial charge in [-0.1, -0.05) is 0 Å². The Bertz CT molecular complexity index is 134. The van der Waals surface area contributed by atoms with Gasteiger partial charge in [-0.3, -0.25) is 0 Å². The Morgan fingerprint density at radius 1 is 1.55 bits per heavy atom. The van der Waals surface area contributed by atoms with Crippen molar-refractivity contribution in [2.75, 3.05) is 13.2 Å². The van der Waals surface area contributed by atoms with Gasteiger partial charge in [-0.2, -0.15) is 0 Å². The fourth-order valence-corrected chi connectivity index (χ4v) is 1.03. The second-order valence-electron chi connectivity index (χ2n) is 3.12. The molecule has 0 radical (unpaired) electrons. The Balaban J connectivity index is 2.51. The van der Waals surface area contributed by atoms with E-state index in [9.17, 15) is 5.11 Å². The van der Waals surface area contributed by atoms with Crippen molar-refractivity contribution < 1.29 is 19.7 Å². The van der Waals surface area contributed by atoms with Gasteiger partial charge in [-0.15, -0.1) is 0 Å². The third-order valence-electron chi connectivity index (χ3n) is 1.65. The monoisotopic (exact) mass is 162 g/mol. The van der Waals surface area contributed by atoms with Crippen molar-refractivity contribution in [2.45, 2.75) is 31.8 Å². The third-order valence-corrected chi connectivity index (χ3v) is 1.65. The Morgan fingerprint density at radius 3 is 2.64 bits per heavy atom. The Hall–Kier alpha value is -0.160. The van der Waals surface area contributed by atoms with E-state index in [0.717, 1.165) is 0 Å². The van der Waals surface area contributed by atoms with Crippen molar-refractivity contribution in [2.24, 2.45) is 0 Å². The predicted molar refractivity (Wildman–Crippen MR) is 38.0 cm³/mol. The molecular weight excluding hydrogens is 148 g/mol. The van der Waals surface area contributed by atoms with Crippen LogP contribution in [0, 0.1) is 0 Å². The molecule has 0 unspecified atom stereocenters. The molecular formula is C7H14O4. The zero-order valence-electron chi connectivity index (χ0n) is 6.78. The molecule has 0 aromatic rings. The molecule has 2 atom stereocenters. The van der Waals surface area contributed by atoms with E-state index in [2.05, 4.69) is 0 Å². The summed E-state index contributed by atoms with van der Waals surface area (Å²) >= 11 is 0. The molecule has 1 aliphatic rings. The van der Waals surface area contributed by atoms with E-state index in [4.69, 9.17) is 14.6 Å². The molecule has 0 aliphatic carbocycles. The smallest absolute Gasteiger partial charge is 0.163 e. The summed E-state index contributed by atoms with van der Waals surface area (Å²) in [6.07, 6.45) is -1.23. The zero-order chi connectivity index (χ0) is 8.48. The molecule has 0 saturated carbocycles. The van der Waals surface area contributed by atoms with Crippen LogP contribution in [0.3, 0.4) is 0 Å². The van der Waals surface area contributed by atoms with Crippen LogP contribution >= 0.6 is 0 Å². The molecule has 2 N–H and O–H groups in total. The lowest BCUT2D eigenvalue weighted by Crippen LogP contribution is -2.50. The number of rotatable bonds is 1. The van der Waals surface area contributed by atoms with Gasteiger partial charge >= 0.3 is 0 Å². The number of ether oxygens (including phenoxy) is 2. The highest BCUT2D eigenvalue weighted by molar-refractivity contribution is 4.75. The van der Waals surface area contributed by atoms with Crippen LogP contribution < -0.4 is 0 Å². The van der Waals surface area contributed by atoms with Crippen molar-refractivity contribution in [3.63, 3.8) is 0 Å². The summed E-state index contributed by atoms with van der Waals surface area (Å²) in [4.78, 5) is 0. The Morgan fingerprint density at radius 2 is 2.18 bits per heavy atom. The summed E-state index contributed by atoms with van der Waals surface area (Å²) in [6.45, 7) is 3.55. The van der Waals surface area contributed by atoms with E-state index >= 15 is 0 Å². The molecule has 66 valence electrons. The average molecular weight is 162 g/mol. The van der Waals surface area contributed by atoms with Crippen LogP contribution in [0.2, 0.25) is 0 Å². The lowest BCUT2D eigenvalue weighted by atomic mass is 10.2. The molecule has 0 bridgehead atoms. The summed E-state index contributed by atoms with van der Waals surface area (Å²) in [7, 11) is 0. The molecule has 1 fully saturated rings. The van der Waals surface area contributed by atoms with E-state index in [0.29, 0.717) is 0 Å². The minimum absolute atomic E-state index is 0.173. The molecule has 4 nitrogen and oxygen atoms in total. The lowest BCUT2D eigenvalue weighted by molar-refractivity contribution is -0.308.